The molecule has 1 aliphatic heterocycles. The number of benzene rings is 1. The first-order valence-electron chi connectivity index (χ1n) is 7.99. The number of anilines is 1. The molecule has 0 spiro atoms. The second-order valence-electron chi connectivity index (χ2n) is 6.53. The highest BCUT2D eigenvalue weighted by atomic mass is 35.5. The van der Waals surface area contributed by atoms with Crippen molar-refractivity contribution < 1.29 is 14.4 Å². The molecule has 24 heavy (non-hydrogen) atoms. The fourth-order valence-electron chi connectivity index (χ4n) is 3.27. The molecule has 1 heterocycles. The highest BCUT2D eigenvalue weighted by Crippen LogP contribution is 2.28. The van der Waals surface area contributed by atoms with Crippen LogP contribution in [0.25, 0.3) is 0 Å². The Hall–Kier alpha value is -1.92. The molecule has 0 radical (unpaired) electrons. The number of amides is 3. The van der Waals surface area contributed by atoms with Crippen LogP contribution in [0.5, 0.6) is 0 Å². The summed E-state index contributed by atoms with van der Waals surface area (Å²) in [7, 11) is 0. The molecule has 3 amide bonds. The van der Waals surface area contributed by atoms with E-state index in [0.29, 0.717) is 12.1 Å². The third-order valence-electron chi connectivity index (χ3n) is 4.71. The maximum atomic E-state index is 12.3. The van der Waals surface area contributed by atoms with Crippen molar-refractivity contribution in [1.29, 1.82) is 0 Å². The molecule has 2 aliphatic rings. The van der Waals surface area contributed by atoms with Crippen molar-refractivity contribution in [2.24, 2.45) is 11.7 Å². The van der Waals surface area contributed by atoms with Gasteiger partial charge in [0.25, 0.3) is 0 Å². The van der Waals surface area contributed by atoms with E-state index in [-0.39, 0.29) is 42.5 Å². The predicted octanol–water partition coefficient (Wildman–Crippen LogP) is 1.52. The number of carbonyl (C=O) groups excluding carboxylic acids is 3. The van der Waals surface area contributed by atoms with Gasteiger partial charge in [-0.1, -0.05) is 25.0 Å². The molecular formula is C17H22ClN3O3. The van der Waals surface area contributed by atoms with E-state index < -0.39 is 5.54 Å². The molecular weight excluding hydrogens is 330 g/mol. The molecule has 4 N–H and O–H groups in total. The van der Waals surface area contributed by atoms with Crippen LogP contribution in [-0.2, 0) is 20.8 Å². The second-order valence-corrected chi connectivity index (χ2v) is 6.53. The minimum absolute atomic E-state index is 0. The third kappa shape index (κ3) is 3.94. The molecule has 1 aromatic carbocycles. The van der Waals surface area contributed by atoms with Crippen molar-refractivity contribution in [1.82, 2.24) is 5.32 Å². The Morgan fingerprint density at radius 1 is 1.21 bits per heavy atom. The van der Waals surface area contributed by atoms with Crippen molar-refractivity contribution in [3.63, 3.8) is 0 Å². The number of nitrogens with two attached hydrogens (primary N) is 1. The standard InChI is InChI=1S/C17H21N3O3.ClH/c18-17(7-1-2-8-17)16(23)19-13-5-3-11(4-6-13)9-12-10-14(21)20-15(12)22;/h3-6,12H,1-2,7-10,18H2,(H,19,23)(H,20,21,22);1H. The summed E-state index contributed by atoms with van der Waals surface area (Å²) in [4.78, 5) is 35.0. The maximum absolute atomic E-state index is 12.3. The summed E-state index contributed by atoms with van der Waals surface area (Å²) in [6, 6.07) is 7.34. The van der Waals surface area contributed by atoms with Crippen LogP contribution in [-0.4, -0.2) is 23.3 Å². The Morgan fingerprint density at radius 3 is 2.38 bits per heavy atom. The molecule has 130 valence electrons. The Morgan fingerprint density at radius 2 is 1.83 bits per heavy atom. The van der Waals surface area contributed by atoms with Crippen LogP contribution >= 0.6 is 12.4 Å². The van der Waals surface area contributed by atoms with Crippen molar-refractivity contribution in [2.45, 2.75) is 44.1 Å². The zero-order valence-corrected chi connectivity index (χ0v) is 14.2. The predicted molar refractivity (Wildman–Crippen MR) is 92.7 cm³/mol. The zero-order chi connectivity index (χ0) is 16.4. The summed E-state index contributed by atoms with van der Waals surface area (Å²) in [6.07, 6.45) is 4.19. The van der Waals surface area contributed by atoms with Gasteiger partial charge < -0.3 is 11.1 Å². The van der Waals surface area contributed by atoms with Crippen LogP contribution < -0.4 is 16.4 Å². The second kappa shape index (κ2) is 7.32. The van der Waals surface area contributed by atoms with E-state index in [1.54, 1.807) is 12.1 Å². The molecule has 1 unspecified atom stereocenters. The largest absolute Gasteiger partial charge is 0.324 e. The summed E-state index contributed by atoms with van der Waals surface area (Å²) >= 11 is 0. The molecule has 1 saturated carbocycles. The van der Waals surface area contributed by atoms with E-state index in [1.807, 2.05) is 12.1 Å². The van der Waals surface area contributed by atoms with Crippen molar-refractivity contribution in [3.8, 4) is 0 Å². The topological polar surface area (TPSA) is 101 Å². The first-order chi connectivity index (χ1) is 11.0. The fraction of sp³-hybridized carbons (Fsp3) is 0.471. The zero-order valence-electron chi connectivity index (χ0n) is 13.3. The first-order valence-corrected chi connectivity index (χ1v) is 7.99. The van der Waals surface area contributed by atoms with Gasteiger partial charge in [-0.15, -0.1) is 12.4 Å². The molecule has 1 aromatic rings. The van der Waals surface area contributed by atoms with Crippen LogP contribution in [0.3, 0.4) is 0 Å². The molecule has 1 aliphatic carbocycles. The van der Waals surface area contributed by atoms with Gasteiger partial charge in [-0.2, -0.15) is 0 Å². The quantitative estimate of drug-likeness (QED) is 0.716. The van der Waals surface area contributed by atoms with Crippen LogP contribution in [0, 0.1) is 5.92 Å². The Kier molecular flexibility index (Phi) is 5.62. The monoisotopic (exact) mass is 351 g/mol. The highest BCUT2D eigenvalue weighted by molar-refractivity contribution is 6.03. The minimum Gasteiger partial charge on any atom is -0.324 e. The van der Waals surface area contributed by atoms with Gasteiger partial charge >= 0.3 is 0 Å². The van der Waals surface area contributed by atoms with Gasteiger partial charge in [-0.25, -0.2) is 0 Å². The number of nitrogens with one attached hydrogen (secondary N) is 2. The smallest absolute Gasteiger partial charge is 0.244 e. The van der Waals surface area contributed by atoms with E-state index in [0.717, 1.165) is 31.2 Å². The van der Waals surface area contributed by atoms with Crippen LogP contribution in [0.1, 0.15) is 37.7 Å². The van der Waals surface area contributed by atoms with Gasteiger partial charge in [0.15, 0.2) is 0 Å². The molecule has 1 atom stereocenters. The van der Waals surface area contributed by atoms with Gasteiger partial charge in [-0.3, -0.25) is 19.7 Å². The number of carbonyl (C=O) groups is 3. The molecule has 2 fully saturated rings. The van der Waals surface area contributed by atoms with E-state index in [4.69, 9.17) is 5.73 Å². The van der Waals surface area contributed by atoms with Gasteiger partial charge in [0.1, 0.15) is 0 Å². The van der Waals surface area contributed by atoms with Gasteiger partial charge in [0.05, 0.1) is 11.5 Å². The Bertz CT molecular complexity index is 639. The normalized spacial score (nSPS) is 22.0. The van der Waals surface area contributed by atoms with Gasteiger partial charge in [0, 0.05) is 12.1 Å². The van der Waals surface area contributed by atoms with Crippen molar-refractivity contribution in [2.75, 3.05) is 5.32 Å². The van der Waals surface area contributed by atoms with Gasteiger partial charge in [0.2, 0.25) is 17.7 Å². The molecule has 6 nitrogen and oxygen atoms in total. The molecule has 3 rings (SSSR count). The lowest BCUT2D eigenvalue weighted by molar-refractivity contribution is -0.126. The van der Waals surface area contributed by atoms with E-state index in [9.17, 15) is 14.4 Å². The summed E-state index contributed by atoms with van der Waals surface area (Å²) in [6.45, 7) is 0. The number of hydrogen-bond donors (Lipinski definition) is 3. The molecule has 0 aromatic heterocycles. The number of rotatable bonds is 4. The third-order valence-corrected chi connectivity index (χ3v) is 4.71. The first kappa shape index (κ1) is 18.4. The molecule has 7 heteroatoms. The number of hydrogen-bond acceptors (Lipinski definition) is 4. The Labute approximate surface area is 147 Å². The fourth-order valence-corrected chi connectivity index (χ4v) is 3.27. The van der Waals surface area contributed by atoms with E-state index in [2.05, 4.69) is 10.6 Å². The average molecular weight is 352 g/mol. The summed E-state index contributed by atoms with van der Waals surface area (Å²) < 4.78 is 0. The molecule has 1 saturated heterocycles. The highest BCUT2D eigenvalue weighted by Gasteiger charge is 2.37. The lowest BCUT2D eigenvalue weighted by atomic mass is 9.97. The van der Waals surface area contributed by atoms with Crippen LogP contribution in [0.4, 0.5) is 5.69 Å². The van der Waals surface area contributed by atoms with E-state index in [1.165, 1.54) is 0 Å². The van der Waals surface area contributed by atoms with Crippen LogP contribution in [0.15, 0.2) is 24.3 Å². The number of imide groups is 1. The maximum Gasteiger partial charge on any atom is 0.244 e. The average Bonchev–Trinajstić information content (AvgIpc) is 3.08. The van der Waals surface area contributed by atoms with E-state index >= 15 is 0 Å². The summed E-state index contributed by atoms with van der Waals surface area (Å²) in [5.74, 6) is -0.857. The SMILES string of the molecule is Cl.NC1(C(=O)Nc2ccc(CC3CC(=O)NC3=O)cc2)CCCC1. The lowest BCUT2D eigenvalue weighted by Crippen LogP contribution is -2.48. The lowest BCUT2D eigenvalue weighted by Gasteiger charge is -2.22. The van der Waals surface area contributed by atoms with Crippen molar-refractivity contribution >= 4 is 35.8 Å². The summed E-state index contributed by atoms with van der Waals surface area (Å²) in [5, 5.41) is 5.17. The molecule has 0 bridgehead atoms. The summed E-state index contributed by atoms with van der Waals surface area (Å²) in [5.41, 5.74) is 7.04. The minimum atomic E-state index is -0.749. The van der Waals surface area contributed by atoms with Gasteiger partial charge in [-0.05, 0) is 37.0 Å². The Balaban J connectivity index is 0.00000208. The van der Waals surface area contributed by atoms with Crippen LogP contribution in [0.2, 0.25) is 0 Å². The van der Waals surface area contributed by atoms with Crippen molar-refractivity contribution in [3.05, 3.63) is 29.8 Å². The number of halogens is 1.